The van der Waals surface area contributed by atoms with Gasteiger partial charge in [-0.3, -0.25) is 4.99 Å². The Kier molecular flexibility index (Phi) is 5.62. The minimum Gasteiger partial charge on any atom is -0.464 e. The first-order chi connectivity index (χ1) is 8.19. The lowest BCUT2D eigenvalue weighted by Crippen LogP contribution is -2.32. The van der Waals surface area contributed by atoms with Gasteiger partial charge in [0.15, 0.2) is 5.71 Å². The first-order valence-electron chi connectivity index (χ1n) is 5.41. The molecule has 0 bridgehead atoms. The van der Waals surface area contributed by atoms with Crippen LogP contribution in [-0.2, 0) is 14.3 Å². The fourth-order valence-corrected chi connectivity index (χ4v) is 1.43. The number of rotatable bonds is 6. The summed E-state index contributed by atoms with van der Waals surface area (Å²) in [6.45, 7) is 1.15. The average molecular weight is 244 g/mol. The van der Waals surface area contributed by atoms with Crippen molar-refractivity contribution in [2.75, 3.05) is 33.9 Å². The largest absolute Gasteiger partial charge is 0.464 e. The van der Waals surface area contributed by atoms with E-state index in [-0.39, 0.29) is 12.3 Å². The van der Waals surface area contributed by atoms with Crippen LogP contribution in [0.4, 0.5) is 4.39 Å². The number of esters is 1. The number of methoxy groups -OCH3 is 2. The van der Waals surface area contributed by atoms with E-state index in [4.69, 9.17) is 4.74 Å². The van der Waals surface area contributed by atoms with Crippen LogP contribution in [0.25, 0.3) is 0 Å². The second kappa shape index (κ2) is 7.01. The minimum atomic E-state index is -1.16. The number of hydrogen-bond donors (Lipinski definition) is 1. The van der Waals surface area contributed by atoms with Crippen LogP contribution in [0, 0.1) is 0 Å². The van der Waals surface area contributed by atoms with Crippen LogP contribution in [0.2, 0.25) is 0 Å². The number of aliphatic imine (C=N–C) groups is 1. The highest BCUT2D eigenvalue weighted by molar-refractivity contribution is 6.43. The molecule has 0 aromatic rings. The summed E-state index contributed by atoms with van der Waals surface area (Å²) in [5.74, 6) is -0.553. The number of dihydropyridines is 1. The van der Waals surface area contributed by atoms with Crippen molar-refractivity contribution in [3.63, 3.8) is 0 Å². The van der Waals surface area contributed by atoms with E-state index in [1.54, 1.807) is 7.11 Å². The molecule has 0 spiro atoms. The quantitative estimate of drug-likeness (QED) is 0.545. The SMILES string of the molecule is COCCCNC1=CC(F)CN=C1C(=O)OC. The molecule has 6 heteroatoms. The van der Waals surface area contributed by atoms with Gasteiger partial charge >= 0.3 is 5.97 Å². The molecule has 1 unspecified atom stereocenters. The van der Waals surface area contributed by atoms with Crippen molar-refractivity contribution in [3.8, 4) is 0 Å². The van der Waals surface area contributed by atoms with Crippen LogP contribution in [0.3, 0.4) is 0 Å². The summed E-state index contributed by atoms with van der Waals surface area (Å²) in [5, 5.41) is 2.96. The van der Waals surface area contributed by atoms with E-state index in [2.05, 4.69) is 15.0 Å². The topological polar surface area (TPSA) is 59.9 Å². The Labute approximate surface area is 99.7 Å². The number of alkyl halides is 1. The van der Waals surface area contributed by atoms with Crippen molar-refractivity contribution in [2.45, 2.75) is 12.6 Å². The lowest BCUT2D eigenvalue weighted by molar-refractivity contribution is -0.132. The molecular formula is C11H17FN2O3. The van der Waals surface area contributed by atoms with Crippen LogP contribution in [0.15, 0.2) is 16.8 Å². The van der Waals surface area contributed by atoms with Crippen molar-refractivity contribution in [1.29, 1.82) is 0 Å². The zero-order valence-corrected chi connectivity index (χ0v) is 10.0. The molecule has 1 N–H and O–H groups in total. The van der Waals surface area contributed by atoms with Crippen LogP contribution < -0.4 is 5.32 Å². The monoisotopic (exact) mass is 244 g/mol. The second-order valence-electron chi connectivity index (χ2n) is 3.55. The molecule has 96 valence electrons. The van der Waals surface area contributed by atoms with E-state index in [1.807, 2.05) is 0 Å². The molecule has 1 rings (SSSR count). The molecular weight excluding hydrogens is 227 g/mol. The van der Waals surface area contributed by atoms with Gasteiger partial charge in [-0.2, -0.15) is 0 Å². The van der Waals surface area contributed by atoms with Crippen molar-refractivity contribution < 1.29 is 18.7 Å². The van der Waals surface area contributed by atoms with Gasteiger partial charge in [-0.05, 0) is 12.5 Å². The molecule has 1 aliphatic heterocycles. The van der Waals surface area contributed by atoms with Gasteiger partial charge in [0.05, 0.1) is 19.4 Å². The van der Waals surface area contributed by atoms with E-state index < -0.39 is 12.1 Å². The fraction of sp³-hybridized carbons (Fsp3) is 0.636. The van der Waals surface area contributed by atoms with Crippen molar-refractivity contribution in [3.05, 3.63) is 11.8 Å². The third-order valence-corrected chi connectivity index (χ3v) is 2.25. The van der Waals surface area contributed by atoms with E-state index in [0.717, 1.165) is 6.42 Å². The van der Waals surface area contributed by atoms with Gasteiger partial charge in [0.2, 0.25) is 0 Å². The maximum Gasteiger partial charge on any atom is 0.358 e. The molecule has 0 fully saturated rings. The molecule has 0 aliphatic carbocycles. The van der Waals surface area contributed by atoms with Crippen molar-refractivity contribution >= 4 is 11.7 Å². The van der Waals surface area contributed by atoms with Crippen molar-refractivity contribution in [2.24, 2.45) is 4.99 Å². The van der Waals surface area contributed by atoms with E-state index in [9.17, 15) is 9.18 Å². The normalized spacial score (nSPS) is 19.4. The number of ether oxygens (including phenoxy) is 2. The van der Waals surface area contributed by atoms with Gasteiger partial charge in [0.1, 0.15) is 6.17 Å². The van der Waals surface area contributed by atoms with Crippen LogP contribution in [-0.4, -0.2) is 51.8 Å². The number of hydrogen-bond acceptors (Lipinski definition) is 5. The summed E-state index contributed by atoms with van der Waals surface area (Å²) in [4.78, 5) is 15.3. The highest BCUT2D eigenvalue weighted by Crippen LogP contribution is 2.09. The number of nitrogens with zero attached hydrogens (tertiary/aromatic N) is 1. The van der Waals surface area contributed by atoms with Crippen LogP contribution >= 0.6 is 0 Å². The van der Waals surface area contributed by atoms with Gasteiger partial charge in [0, 0.05) is 20.3 Å². The zero-order valence-electron chi connectivity index (χ0n) is 10.0. The predicted octanol–water partition coefficient (Wildman–Crippen LogP) is 0.462. The number of halogens is 1. The fourth-order valence-electron chi connectivity index (χ4n) is 1.43. The first-order valence-corrected chi connectivity index (χ1v) is 5.41. The summed E-state index contributed by atoms with van der Waals surface area (Å²) in [6.07, 6.45) is 0.957. The molecule has 0 aromatic heterocycles. The summed E-state index contributed by atoms with van der Waals surface area (Å²) < 4.78 is 22.6. The van der Waals surface area contributed by atoms with Gasteiger partial charge in [-0.15, -0.1) is 0 Å². The third-order valence-electron chi connectivity index (χ3n) is 2.25. The molecule has 0 amide bonds. The molecule has 5 nitrogen and oxygen atoms in total. The number of carbonyl (C=O) groups excluding carboxylic acids is 1. The Morgan fingerprint density at radius 3 is 3.06 bits per heavy atom. The summed E-state index contributed by atoms with van der Waals surface area (Å²) in [7, 11) is 2.88. The molecule has 1 heterocycles. The maximum atomic E-state index is 13.1. The first kappa shape index (κ1) is 13.6. The molecule has 0 saturated heterocycles. The van der Waals surface area contributed by atoms with E-state index in [1.165, 1.54) is 13.2 Å². The standard InChI is InChI=1S/C11H17FN2O3/c1-16-5-3-4-13-9-6-8(12)7-14-10(9)11(15)17-2/h6,8,13H,3-5,7H2,1-2H3. The smallest absolute Gasteiger partial charge is 0.358 e. The minimum absolute atomic E-state index is 0.0340. The highest BCUT2D eigenvalue weighted by Gasteiger charge is 2.22. The highest BCUT2D eigenvalue weighted by atomic mass is 19.1. The number of carbonyl (C=O) groups is 1. The third kappa shape index (κ3) is 4.14. The van der Waals surface area contributed by atoms with E-state index in [0.29, 0.717) is 18.8 Å². The Morgan fingerprint density at radius 1 is 1.65 bits per heavy atom. The molecule has 0 saturated carbocycles. The molecule has 0 radical (unpaired) electrons. The molecule has 1 aliphatic rings. The Morgan fingerprint density at radius 2 is 2.41 bits per heavy atom. The van der Waals surface area contributed by atoms with Gasteiger partial charge in [0.25, 0.3) is 0 Å². The van der Waals surface area contributed by atoms with E-state index >= 15 is 0 Å². The Bertz CT molecular complexity index is 329. The number of nitrogens with one attached hydrogen (secondary N) is 1. The molecule has 1 atom stereocenters. The second-order valence-corrected chi connectivity index (χ2v) is 3.55. The van der Waals surface area contributed by atoms with Crippen LogP contribution in [0.5, 0.6) is 0 Å². The zero-order chi connectivity index (χ0) is 12.7. The van der Waals surface area contributed by atoms with Crippen molar-refractivity contribution in [1.82, 2.24) is 5.32 Å². The maximum absolute atomic E-state index is 13.1. The predicted molar refractivity (Wildman–Crippen MR) is 61.8 cm³/mol. The Balaban J connectivity index is 2.57. The molecule has 0 aromatic carbocycles. The lowest BCUT2D eigenvalue weighted by atomic mass is 10.1. The molecule has 17 heavy (non-hydrogen) atoms. The average Bonchev–Trinajstić information content (AvgIpc) is 2.34. The summed E-state index contributed by atoms with van der Waals surface area (Å²) >= 11 is 0. The van der Waals surface area contributed by atoms with Gasteiger partial charge in [-0.1, -0.05) is 0 Å². The van der Waals surface area contributed by atoms with Gasteiger partial charge < -0.3 is 14.8 Å². The van der Waals surface area contributed by atoms with Crippen LogP contribution in [0.1, 0.15) is 6.42 Å². The summed E-state index contributed by atoms with van der Waals surface area (Å²) in [5.41, 5.74) is 0.547. The summed E-state index contributed by atoms with van der Waals surface area (Å²) in [6, 6.07) is 0. The lowest BCUT2D eigenvalue weighted by Gasteiger charge is -2.17. The van der Waals surface area contributed by atoms with Gasteiger partial charge in [-0.25, -0.2) is 9.18 Å². The Hall–Kier alpha value is -1.43.